The van der Waals surface area contributed by atoms with Crippen molar-refractivity contribution in [3.8, 4) is 11.5 Å². The van der Waals surface area contributed by atoms with Crippen LogP contribution >= 0.6 is 0 Å². The summed E-state index contributed by atoms with van der Waals surface area (Å²) in [7, 11) is 0. The monoisotopic (exact) mass is 259 g/mol. The van der Waals surface area contributed by atoms with Gasteiger partial charge >= 0.3 is 0 Å². The Morgan fingerprint density at radius 2 is 1.84 bits per heavy atom. The number of nitrogens with one attached hydrogen (secondary N) is 1. The quantitative estimate of drug-likeness (QED) is 0.827. The van der Waals surface area contributed by atoms with Crippen LogP contribution in [0.5, 0.6) is 11.5 Å². The number of carbonyl (C=O) groups excluding carboxylic acids is 1. The van der Waals surface area contributed by atoms with E-state index in [0.717, 1.165) is 24.2 Å². The van der Waals surface area contributed by atoms with E-state index < -0.39 is 0 Å². The number of hydrogen-bond acceptors (Lipinski definition) is 4. The summed E-state index contributed by atoms with van der Waals surface area (Å²) < 4.78 is 10.6. The molecule has 2 atom stereocenters. The minimum Gasteiger partial charge on any atom is -0.454 e. The van der Waals surface area contributed by atoms with Crippen LogP contribution in [-0.4, -0.2) is 24.7 Å². The molecule has 3 aliphatic heterocycles. The second kappa shape index (κ2) is 4.23. The molecule has 0 aliphatic carbocycles. The number of carbonyl (C=O) groups is 1. The second-order valence-electron chi connectivity index (χ2n) is 5.74. The fourth-order valence-electron chi connectivity index (χ4n) is 3.56. The van der Waals surface area contributed by atoms with Crippen molar-refractivity contribution in [2.75, 3.05) is 6.79 Å². The number of ether oxygens (including phenoxy) is 2. The van der Waals surface area contributed by atoms with Gasteiger partial charge in [-0.25, -0.2) is 0 Å². The highest BCUT2D eigenvalue weighted by Gasteiger charge is 2.37. The summed E-state index contributed by atoms with van der Waals surface area (Å²) in [6.07, 6.45) is 4.39. The highest BCUT2D eigenvalue weighted by molar-refractivity contribution is 5.98. The number of benzene rings is 1. The molecule has 0 radical (unpaired) electrons. The standard InChI is InChI=1S/C15H17NO3/c17-15(10-5-11-2-3-12(6-10)16-11)9-1-4-13-14(7-9)19-8-18-13/h1,4,7,10-12,16H,2-3,5-6,8H2. The number of rotatable bonds is 2. The first-order chi connectivity index (χ1) is 9.29. The Morgan fingerprint density at radius 3 is 2.63 bits per heavy atom. The first-order valence-corrected chi connectivity index (χ1v) is 6.99. The third-order valence-corrected chi connectivity index (χ3v) is 4.50. The van der Waals surface area contributed by atoms with E-state index in [9.17, 15) is 4.79 Å². The van der Waals surface area contributed by atoms with Crippen LogP contribution in [0.25, 0.3) is 0 Å². The van der Waals surface area contributed by atoms with Crippen molar-refractivity contribution in [1.82, 2.24) is 5.32 Å². The van der Waals surface area contributed by atoms with Gasteiger partial charge in [-0.15, -0.1) is 0 Å². The normalized spacial score (nSPS) is 31.5. The average Bonchev–Trinajstić information content (AvgIpc) is 3.03. The van der Waals surface area contributed by atoms with E-state index in [4.69, 9.17) is 9.47 Å². The lowest BCUT2D eigenvalue weighted by Crippen LogP contribution is -2.40. The van der Waals surface area contributed by atoms with Crippen LogP contribution in [-0.2, 0) is 0 Å². The zero-order valence-corrected chi connectivity index (χ0v) is 10.7. The van der Waals surface area contributed by atoms with Crippen LogP contribution in [0.3, 0.4) is 0 Å². The Bertz CT molecular complexity index is 516. The van der Waals surface area contributed by atoms with Crippen molar-refractivity contribution in [3.63, 3.8) is 0 Å². The third-order valence-electron chi connectivity index (χ3n) is 4.50. The van der Waals surface area contributed by atoms with Gasteiger partial charge < -0.3 is 14.8 Å². The van der Waals surface area contributed by atoms with E-state index in [2.05, 4.69) is 5.32 Å². The molecule has 0 spiro atoms. The first-order valence-electron chi connectivity index (χ1n) is 6.99. The molecule has 1 aromatic carbocycles. The predicted molar refractivity (Wildman–Crippen MR) is 69.6 cm³/mol. The molecule has 2 saturated heterocycles. The van der Waals surface area contributed by atoms with E-state index in [1.165, 1.54) is 12.8 Å². The van der Waals surface area contributed by atoms with Gasteiger partial charge in [-0.05, 0) is 43.9 Å². The van der Waals surface area contributed by atoms with Crippen molar-refractivity contribution in [2.24, 2.45) is 5.92 Å². The van der Waals surface area contributed by atoms with E-state index in [0.29, 0.717) is 17.8 Å². The summed E-state index contributed by atoms with van der Waals surface area (Å²) in [5.74, 6) is 1.86. The van der Waals surface area contributed by atoms with Gasteiger partial charge in [0.15, 0.2) is 17.3 Å². The van der Waals surface area contributed by atoms with E-state index >= 15 is 0 Å². The Balaban J connectivity index is 1.57. The highest BCUT2D eigenvalue weighted by atomic mass is 16.7. The molecular weight excluding hydrogens is 242 g/mol. The molecule has 0 amide bonds. The van der Waals surface area contributed by atoms with Crippen molar-refractivity contribution in [1.29, 1.82) is 0 Å². The van der Waals surface area contributed by atoms with Crippen molar-refractivity contribution in [3.05, 3.63) is 23.8 Å². The maximum Gasteiger partial charge on any atom is 0.231 e. The van der Waals surface area contributed by atoms with Crippen LogP contribution in [0.15, 0.2) is 18.2 Å². The molecule has 1 aromatic rings. The topological polar surface area (TPSA) is 47.6 Å². The van der Waals surface area contributed by atoms with E-state index in [1.54, 1.807) is 0 Å². The zero-order valence-electron chi connectivity index (χ0n) is 10.7. The van der Waals surface area contributed by atoms with Gasteiger partial charge in [0.2, 0.25) is 6.79 Å². The number of hydrogen-bond donors (Lipinski definition) is 1. The smallest absolute Gasteiger partial charge is 0.231 e. The van der Waals surface area contributed by atoms with Gasteiger partial charge in [-0.1, -0.05) is 0 Å². The lowest BCUT2D eigenvalue weighted by Gasteiger charge is -2.28. The van der Waals surface area contributed by atoms with Crippen molar-refractivity contribution < 1.29 is 14.3 Å². The lowest BCUT2D eigenvalue weighted by molar-refractivity contribution is 0.0875. The molecule has 2 fully saturated rings. The Kier molecular flexibility index (Phi) is 2.52. The Labute approximate surface area is 112 Å². The third kappa shape index (κ3) is 1.91. The predicted octanol–water partition coefficient (Wildman–Crippen LogP) is 2.13. The lowest BCUT2D eigenvalue weighted by atomic mass is 9.86. The molecule has 4 rings (SSSR count). The SMILES string of the molecule is O=C(c1ccc2c(c1)OCO2)C1CC2CCC(C1)N2. The summed E-state index contributed by atoms with van der Waals surface area (Å²) in [6, 6.07) is 6.61. The molecule has 2 bridgehead atoms. The van der Waals surface area contributed by atoms with E-state index in [1.807, 2.05) is 18.2 Å². The molecule has 0 aromatic heterocycles. The van der Waals surface area contributed by atoms with Crippen LogP contribution in [0.1, 0.15) is 36.0 Å². The summed E-state index contributed by atoms with van der Waals surface area (Å²) in [6.45, 7) is 0.254. The second-order valence-corrected chi connectivity index (χ2v) is 5.74. The molecule has 3 aliphatic rings. The summed E-state index contributed by atoms with van der Waals surface area (Å²) in [4.78, 5) is 12.6. The van der Waals surface area contributed by atoms with Gasteiger partial charge in [0.05, 0.1) is 0 Å². The zero-order chi connectivity index (χ0) is 12.8. The molecule has 2 unspecified atom stereocenters. The number of piperidine rings is 1. The molecule has 4 heteroatoms. The Morgan fingerprint density at radius 1 is 1.11 bits per heavy atom. The number of Topliss-reactive ketones (excluding diaryl/α,β-unsaturated/α-hetero) is 1. The fourth-order valence-corrected chi connectivity index (χ4v) is 3.56. The maximum absolute atomic E-state index is 12.6. The largest absolute Gasteiger partial charge is 0.454 e. The van der Waals surface area contributed by atoms with Crippen LogP contribution in [0.4, 0.5) is 0 Å². The van der Waals surface area contributed by atoms with Gasteiger partial charge in [0, 0.05) is 23.6 Å². The molecule has 1 N–H and O–H groups in total. The Hall–Kier alpha value is -1.55. The highest BCUT2D eigenvalue weighted by Crippen LogP contribution is 2.36. The summed E-state index contributed by atoms with van der Waals surface area (Å²) in [5, 5.41) is 3.57. The molecule has 19 heavy (non-hydrogen) atoms. The molecule has 0 saturated carbocycles. The number of fused-ring (bicyclic) bond motifs is 3. The first kappa shape index (κ1) is 11.3. The van der Waals surface area contributed by atoms with Crippen molar-refractivity contribution >= 4 is 5.78 Å². The minimum atomic E-state index is 0.166. The molecule has 4 nitrogen and oxygen atoms in total. The van der Waals surface area contributed by atoms with Crippen LogP contribution < -0.4 is 14.8 Å². The van der Waals surface area contributed by atoms with Crippen molar-refractivity contribution in [2.45, 2.75) is 37.8 Å². The molecule has 100 valence electrons. The maximum atomic E-state index is 12.6. The van der Waals surface area contributed by atoms with Gasteiger partial charge in [0.1, 0.15) is 0 Å². The fraction of sp³-hybridized carbons (Fsp3) is 0.533. The molecular formula is C15H17NO3. The van der Waals surface area contributed by atoms with Gasteiger partial charge in [0.25, 0.3) is 0 Å². The van der Waals surface area contributed by atoms with Gasteiger partial charge in [-0.3, -0.25) is 4.79 Å². The summed E-state index contributed by atoms with van der Waals surface area (Å²) in [5.41, 5.74) is 0.760. The van der Waals surface area contributed by atoms with Crippen LogP contribution in [0.2, 0.25) is 0 Å². The minimum absolute atomic E-state index is 0.166. The molecule has 3 heterocycles. The summed E-state index contributed by atoms with van der Waals surface area (Å²) >= 11 is 0. The average molecular weight is 259 g/mol. The van der Waals surface area contributed by atoms with Gasteiger partial charge in [-0.2, -0.15) is 0 Å². The van der Waals surface area contributed by atoms with E-state index in [-0.39, 0.29) is 18.5 Å². The number of ketones is 1. The van der Waals surface area contributed by atoms with Crippen LogP contribution in [0, 0.1) is 5.92 Å².